The van der Waals surface area contributed by atoms with E-state index in [9.17, 15) is 0 Å². The van der Waals surface area contributed by atoms with Gasteiger partial charge < -0.3 is 9.47 Å². The molecule has 1 aliphatic rings. The highest BCUT2D eigenvalue weighted by molar-refractivity contribution is 5.35. The summed E-state index contributed by atoms with van der Waals surface area (Å²) in [6, 6.07) is 17.4. The third kappa shape index (κ3) is 3.76. The monoisotopic (exact) mass is 333 g/mol. The Morgan fingerprint density at radius 3 is 2.28 bits per heavy atom. The van der Waals surface area contributed by atoms with Gasteiger partial charge in [0.2, 0.25) is 5.88 Å². The zero-order valence-electron chi connectivity index (χ0n) is 13.2. The number of hydroxylamine groups is 1. The molecular weight excluding hydrogens is 318 g/mol. The molecule has 2 heterocycles. The van der Waals surface area contributed by atoms with Gasteiger partial charge in [0.1, 0.15) is 23.9 Å². The van der Waals surface area contributed by atoms with Crippen molar-refractivity contribution in [2.45, 2.75) is 6.10 Å². The summed E-state index contributed by atoms with van der Waals surface area (Å²) in [5.41, 5.74) is 3.74. The Balaban J connectivity index is 1.42. The number of ether oxygens (including phenoxy) is 2. The van der Waals surface area contributed by atoms with Crippen LogP contribution in [0.1, 0.15) is 11.7 Å². The second kappa shape index (κ2) is 7.02. The molecule has 0 spiro atoms. The van der Waals surface area contributed by atoms with E-state index in [0.717, 1.165) is 17.1 Å². The van der Waals surface area contributed by atoms with Crippen LogP contribution in [0.2, 0.25) is 0 Å². The molecule has 0 bridgehead atoms. The molecule has 0 radical (unpaired) electrons. The van der Waals surface area contributed by atoms with Crippen molar-refractivity contribution in [2.75, 3.05) is 0 Å². The SMILES string of the molecule is C1=C(Oc2cncnc2)NOC1c1ccc(Oc2ccccc2)cc1. The number of para-hydroxylation sites is 1. The fourth-order valence-corrected chi connectivity index (χ4v) is 2.36. The largest absolute Gasteiger partial charge is 0.457 e. The van der Waals surface area contributed by atoms with E-state index in [4.69, 9.17) is 14.3 Å². The molecule has 6 nitrogen and oxygen atoms in total. The van der Waals surface area contributed by atoms with Crippen molar-refractivity contribution >= 4 is 0 Å². The van der Waals surface area contributed by atoms with Crippen LogP contribution in [0.4, 0.5) is 0 Å². The molecule has 1 unspecified atom stereocenters. The van der Waals surface area contributed by atoms with Crippen LogP contribution in [0.3, 0.4) is 0 Å². The molecule has 124 valence electrons. The highest BCUT2D eigenvalue weighted by atomic mass is 16.7. The Morgan fingerprint density at radius 2 is 1.52 bits per heavy atom. The summed E-state index contributed by atoms with van der Waals surface area (Å²) in [5, 5.41) is 0. The van der Waals surface area contributed by atoms with Crippen molar-refractivity contribution in [3.63, 3.8) is 0 Å². The summed E-state index contributed by atoms with van der Waals surface area (Å²) in [7, 11) is 0. The molecule has 0 saturated carbocycles. The Labute approximate surface area is 144 Å². The van der Waals surface area contributed by atoms with E-state index in [-0.39, 0.29) is 6.10 Å². The molecule has 0 aliphatic carbocycles. The molecule has 1 aliphatic heterocycles. The standard InChI is InChI=1S/C19H15N3O3/c1-2-4-15(5-3-1)23-16-8-6-14(7-9-16)18-10-19(22-25-18)24-17-11-20-13-21-12-17/h1-13,18,22H. The summed E-state index contributed by atoms with van der Waals surface area (Å²) in [5.74, 6) is 2.61. The van der Waals surface area contributed by atoms with Gasteiger partial charge in [0.15, 0.2) is 5.75 Å². The van der Waals surface area contributed by atoms with Crippen LogP contribution in [-0.4, -0.2) is 9.97 Å². The third-order valence-corrected chi connectivity index (χ3v) is 3.54. The maximum absolute atomic E-state index is 5.79. The average Bonchev–Trinajstić information content (AvgIpc) is 3.12. The average molecular weight is 333 g/mol. The van der Waals surface area contributed by atoms with E-state index < -0.39 is 0 Å². The quantitative estimate of drug-likeness (QED) is 0.767. The van der Waals surface area contributed by atoms with Gasteiger partial charge >= 0.3 is 0 Å². The molecule has 0 amide bonds. The number of aromatic nitrogens is 2. The molecule has 0 fully saturated rings. The summed E-state index contributed by atoms with van der Waals surface area (Å²) >= 11 is 0. The zero-order valence-corrected chi connectivity index (χ0v) is 13.2. The van der Waals surface area contributed by atoms with Gasteiger partial charge in [-0.15, -0.1) is 0 Å². The predicted octanol–water partition coefficient (Wildman–Crippen LogP) is 3.77. The summed E-state index contributed by atoms with van der Waals surface area (Å²) in [6.45, 7) is 0. The van der Waals surface area contributed by atoms with Gasteiger partial charge in [0, 0.05) is 6.08 Å². The van der Waals surface area contributed by atoms with Gasteiger partial charge in [0.25, 0.3) is 0 Å². The van der Waals surface area contributed by atoms with Gasteiger partial charge in [0.05, 0.1) is 12.4 Å². The molecule has 2 aromatic carbocycles. The first kappa shape index (κ1) is 15.2. The Bertz CT molecular complexity index is 852. The first-order valence-electron chi connectivity index (χ1n) is 7.76. The summed E-state index contributed by atoms with van der Waals surface area (Å²) in [4.78, 5) is 13.3. The van der Waals surface area contributed by atoms with Crippen molar-refractivity contribution in [1.82, 2.24) is 15.4 Å². The number of hydrogen-bond acceptors (Lipinski definition) is 6. The first-order valence-corrected chi connectivity index (χ1v) is 7.76. The van der Waals surface area contributed by atoms with Crippen molar-refractivity contribution in [3.05, 3.63) is 90.8 Å². The van der Waals surface area contributed by atoms with E-state index in [0.29, 0.717) is 11.6 Å². The Hall–Kier alpha value is -3.38. The molecule has 6 heteroatoms. The minimum absolute atomic E-state index is 0.245. The van der Waals surface area contributed by atoms with Crippen LogP contribution < -0.4 is 15.0 Å². The van der Waals surface area contributed by atoms with Crippen LogP contribution in [0, 0.1) is 0 Å². The Morgan fingerprint density at radius 1 is 0.800 bits per heavy atom. The summed E-state index contributed by atoms with van der Waals surface area (Å²) in [6.07, 6.45) is 6.21. The lowest BCUT2D eigenvalue weighted by molar-refractivity contribution is 0.0272. The van der Waals surface area contributed by atoms with Crippen LogP contribution in [0.5, 0.6) is 17.2 Å². The van der Waals surface area contributed by atoms with Gasteiger partial charge in [-0.1, -0.05) is 30.3 Å². The molecule has 25 heavy (non-hydrogen) atoms. The molecule has 1 atom stereocenters. The number of rotatable bonds is 5. The molecule has 1 N–H and O–H groups in total. The lowest BCUT2D eigenvalue weighted by Gasteiger charge is -2.09. The molecule has 4 rings (SSSR count). The van der Waals surface area contributed by atoms with Crippen LogP contribution in [-0.2, 0) is 4.84 Å². The zero-order chi connectivity index (χ0) is 16.9. The van der Waals surface area contributed by atoms with E-state index in [1.54, 1.807) is 12.4 Å². The maximum Gasteiger partial charge on any atom is 0.216 e. The van der Waals surface area contributed by atoms with Crippen LogP contribution in [0.25, 0.3) is 0 Å². The van der Waals surface area contributed by atoms with E-state index >= 15 is 0 Å². The second-order valence-corrected chi connectivity index (χ2v) is 5.33. The van der Waals surface area contributed by atoms with Gasteiger partial charge in [-0.05, 0) is 29.8 Å². The first-order chi connectivity index (χ1) is 12.4. The summed E-state index contributed by atoms with van der Waals surface area (Å²) < 4.78 is 11.4. The number of nitrogens with one attached hydrogen (secondary N) is 1. The normalized spacial score (nSPS) is 16.0. The van der Waals surface area contributed by atoms with E-state index in [1.165, 1.54) is 6.33 Å². The van der Waals surface area contributed by atoms with Crippen molar-refractivity contribution in [1.29, 1.82) is 0 Å². The highest BCUT2D eigenvalue weighted by Gasteiger charge is 2.20. The van der Waals surface area contributed by atoms with Crippen molar-refractivity contribution in [3.8, 4) is 17.2 Å². The number of hydrogen-bond donors (Lipinski definition) is 1. The van der Waals surface area contributed by atoms with Crippen molar-refractivity contribution < 1.29 is 14.3 Å². The fraction of sp³-hybridized carbons (Fsp3) is 0.0526. The fourth-order valence-electron chi connectivity index (χ4n) is 2.36. The van der Waals surface area contributed by atoms with E-state index in [2.05, 4.69) is 15.4 Å². The van der Waals surface area contributed by atoms with Crippen LogP contribution in [0.15, 0.2) is 85.3 Å². The third-order valence-electron chi connectivity index (χ3n) is 3.54. The minimum Gasteiger partial charge on any atom is -0.457 e. The van der Waals surface area contributed by atoms with E-state index in [1.807, 2.05) is 60.7 Å². The van der Waals surface area contributed by atoms with Crippen LogP contribution >= 0.6 is 0 Å². The molecule has 1 aromatic heterocycles. The molecular formula is C19H15N3O3. The lowest BCUT2D eigenvalue weighted by Crippen LogP contribution is -2.12. The van der Waals surface area contributed by atoms with Gasteiger partial charge in [-0.2, -0.15) is 0 Å². The highest BCUT2D eigenvalue weighted by Crippen LogP contribution is 2.28. The predicted molar refractivity (Wildman–Crippen MR) is 90.7 cm³/mol. The second-order valence-electron chi connectivity index (χ2n) is 5.33. The number of nitrogens with zero attached hydrogens (tertiary/aromatic N) is 2. The van der Waals surface area contributed by atoms with Gasteiger partial charge in [-0.3, -0.25) is 4.84 Å². The molecule has 3 aromatic rings. The Kier molecular flexibility index (Phi) is 4.26. The molecule has 0 saturated heterocycles. The smallest absolute Gasteiger partial charge is 0.216 e. The minimum atomic E-state index is -0.245. The lowest BCUT2D eigenvalue weighted by atomic mass is 10.1. The number of benzene rings is 2. The van der Waals surface area contributed by atoms with Crippen molar-refractivity contribution in [2.24, 2.45) is 0 Å². The topological polar surface area (TPSA) is 65.5 Å². The van der Waals surface area contributed by atoms with Gasteiger partial charge in [-0.25, -0.2) is 15.4 Å². The maximum atomic E-state index is 5.79.